The monoisotopic (exact) mass is 194 g/mol. The molecular formula is C11H14O3. The minimum Gasteiger partial charge on any atom is -0.507 e. The summed E-state index contributed by atoms with van der Waals surface area (Å²) in [6, 6.07) is 5.02. The van der Waals surface area contributed by atoms with Crippen molar-refractivity contribution in [1.82, 2.24) is 0 Å². The molecule has 0 fully saturated rings. The average Bonchev–Trinajstić information content (AvgIpc) is 2.18. The number of phenolic OH excluding ortho intramolecular Hbond substituents is 1. The summed E-state index contributed by atoms with van der Waals surface area (Å²) in [5.41, 5.74) is 0.911. The van der Waals surface area contributed by atoms with E-state index in [1.54, 1.807) is 25.1 Å². The third kappa shape index (κ3) is 2.25. The van der Waals surface area contributed by atoms with Gasteiger partial charge in [-0.3, -0.25) is 0 Å². The first-order chi connectivity index (χ1) is 6.66. The Morgan fingerprint density at radius 1 is 1.50 bits per heavy atom. The number of para-hydroxylation sites is 1. The second kappa shape index (κ2) is 4.65. The highest BCUT2D eigenvalue weighted by molar-refractivity contribution is 5.92. The molecule has 14 heavy (non-hydrogen) atoms. The van der Waals surface area contributed by atoms with E-state index in [1.807, 2.05) is 6.92 Å². The van der Waals surface area contributed by atoms with Crippen LogP contribution >= 0.6 is 0 Å². The Kier molecular flexibility index (Phi) is 3.51. The number of carbonyl (C=O) groups is 1. The number of esters is 1. The molecule has 0 atom stereocenters. The van der Waals surface area contributed by atoms with E-state index < -0.39 is 5.97 Å². The Labute approximate surface area is 83.3 Å². The Morgan fingerprint density at radius 2 is 2.21 bits per heavy atom. The minimum atomic E-state index is -0.465. The van der Waals surface area contributed by atoms with Crippen LogP contribution in [0.1, 0.15) is 29.3 Å². The van der Waals surface area contributed by atoms with Gasteiger partial charge in [0.15, 0.2) is 0 Å². The van der Waals surface area contributed by atoms with Crippen LogP contribution in [0.5, 0.6) is 5.75 Å². The van der Waals surface area contributed by atoms with Crippen LogP contribution in [0.4, 0.5) is 0 Å². The summed E-state index contributed by atoms with van der Waals surface area (Å²) in [5.74, 6) is -0.457. The van der Waals surface area contributed by atoms with Crippen molar-refractivity contribution in [2.75, 3.05) is 6.61 Å². The molecule has 0 saturated carbocycles. The molecule has 76 valence electrons. The van der Waals surface area contributed by atoms with E-state index in [0.717, 1.165) is 6.42 Å². The van der Waals surface area contributed by atoms with Crippen LogP contribution in [-0.2, 0) is 4.74 Å². The number of hydrogen-bond acceptors (Lipinski definition) is 3. The van der Waals surface area contributed by atoms with Crippen LogP contribution in [0.15, 0.2) is 18.2 Å². The maximum Gasteiger partial charge on any atom is 0.341 e. The smallest absolute Gasteiger partial charge is 0.341 e. The van der Waals surface area contributed by atoms with E-state index in [-0.39, 0.29) is 11.3 Å². The topological polar surface area (TPSA) is 46.5 Å². The quantitative estimate of drug-likeness (QED) is 0.751. The number of aryl methyl sites for hydroxylation is 1. The van der Waals surface area contributed by atoms with E-state index in [1.165, 1.54) is 0 Å². The predicted molar refractivity (Wildman–Crippen MR) is 53.4 cm³/mol. The molecule has 0 bridgehead atoms. The first-order valence-electron chi connectivity index (χ1n) is 4.62. The zero-order valence-corrected chi connectivity index (χ0v) is 8.41. The Bertz CT molecular complexity index is 331. The zero-order valence-electron chi connectivity index (χ0n) is 8.41. The molecule has 1 aromatic rings. The normalized spacial score (nSPS) is 9.86. The van der Waals surface area contributed by atoms with Crippen LogP contribution in [0, 0.1) is 6.92 Å². The molecule has 0 aliphatic rings. The summed E-state index contributed by atoms with van der Waals surface area (Å²) in [7, 11) is 0. The van der Waals surface area contributed by atoms with Gasteiger partial charge in [-0.25, -0.2) is 4.79 Å². The second-order valence-corrected chi connectivity index (χ2v) is 3.11. The van der Waals surface area contributed by atoms with E-state index >= 15 is 0 Å². The van der Waals surface area contributed by atoms with Crippen molar-refractivity contribution in [3.05, 3.63) is 29.3 Å². The van der Waals surface area contributed by atoms with Crippen molar-refractivity contribution in [1.29, 1.82) is 0 Å². The van der Waals surface area contributed by atoms with Gasteiger partial charge in [-0.1, -0.05) is 19.1 Å². The van der Waals surface area contributed by atoms with E-state index in [0.29, 0.717) is 12.2 Å². The fourth-order valence-electron chi connectivity index (χ4n) is 1.10. The van der Waals surface area contributed by atoms with Crippen LogP contribution in [0.25, 0.3) is 0 Å². The van der Waals surface area contributed by atoms with Crippen molar-refractivity contribution in [3.8, 4) is 5.75 Å². The lowest BCUT2D eigenvalue weighted by Crippen LogP contribution is -2.06. The number of rotatable bonds is 3. The van der Waals surface area contributed by atoms with Crippen molar-refractivity contribution in [2.24, 2.45) is 0 Å². The summed E-state index contributed by atoms with van der Waals surface area (Å²) < 4.78 is 4.91. The van der Waals surface area contributed by atoms with E-state index in [4.69, 9.17) is 4.74 Å². The highest BCUT2D eigenvalue weighted by Crippen LogP contribution is 2.21. The van der Waals surface area contributed by atoms with Crippen molar-refractivity contribution in [2.45, 2.75) is 20.3 Å². The largest absolute Gasteiger partial charge is 0.507 e. The van der Waals surface area contributed by atoms with Gasteiger partial charge in [0.1, 0.15) is 11.3 Å². The lowest BCUT2D eigenvalue weighted by Gasteiger charge is -2.06. The molecule has 0 unspecified atom stereocenters. The third-order valence-electron chi connectivity index (χ3n) is 1.89. The van der Waals surface area contributed by atoms with Gasteiger partial charge in [-0.05, 0) is 25.0 Å². The summed E-state index contributed by atoms with van der Waals surface area (Å²) in [4.78, 5) is 11.4. The molecule has 0 amide bonds. The second-order valence-electron chi connectivity index (χ2n) is 3.11. The Balaban J connectivity index is 2.84. The van der Waals surface area contributed by atoms with Gasteiger partial charge in [0.25, 0.3) is 0 Å². The van der Waals surface area contributed by atoms with E-state index in [9.17, 15) is 9.90 Å². The lowest BCUT2D eigenvalue weighted by atomic mass is 10.1. The molecule has 1 N–H and O–H groups in total. The van der Waals surface area contributed by atoms with E-state index in [2.05, 4.69) is 0 Å². The van der Waals surface area contributed by atoms with Gasteiger partial charge in [0, 0.05) is 0 Å². The highest BCUT2D eigenvalue weighted by Gasteiger charge is 2.12. The lowest BCUT2D eigenvalue weighted by molar-refractivity contribution is 0.0501. The molecule has 3 nitrogen and oxygen atoms in total. The average molecular weight is 194 g/mol. The summed E-state index contributed by atoms with van der Waals surface area (Å²) in [6.07, 6.45) is 0.776. The van der Waals surface area contributed by atoms with Gasteiger partial charge in [0.05, 0.1) is 6.61 Å². The molecule has 1 rings (SSSR count). The standard InChI is InChI=1S/C11H14O3/c1-3-7-14-11(13)9-6-4-5-8(2)10(9)12/h4-6,12H,3,7H2,1-2H3. The first kappa shape index (κ1) is 10.6. The number of phenols is 1. The number of hydrogen-bond donors (Lipinski definition) is 1. The Morgan fingerprint density at radius 3 is 2.86 bits per heavy atom. The molecule has 0 aliphatic heterocycles. The molecule has 3 heteroatoms. The Hall–Kier alpha value is -1.51. The third-order valence-corrected chi connectivity index (χ3v) is 1.89. The van der Waals surface area contributed by atoms with Gasteiger partial charge in [-0.2, -0.15) is 0 Å². The summed E-state index contributed by atoms with van der Waals surface area (Å²) in [5, 5.41) is 9.57. The fraction of sp³-hybridized carbons (Fsp3) is 0.364. The predicted octanol–water partition coefficient (Wildman–Crippen LogP) is 2.27. The van der Waals surface area contributed by atoms with Crippen LogP contribution in [-0.4, -0.2) is 17.7 Å². The molecule has 0 aliphatic carbocycles. The van der Waals surface area contributed by atoms with Crippen LogP contribution in [0.3, 0.4) is 0 Å². The number of aromatic hydroxyl groups is 1. The summed E-state index contributed by atoms with van der Waals surface area (Å²) in [6.45, 7) is 4.04. The minimum absolute atomic E-state index is 0.00797. The molecule has 0 saturated heterocycles. The van der Waals surface area contributed by atoms with Gasteiger partial charge < -0.3 is 9.84 Å². The van der Waals surface area contributed by atoms with Crippen LogP contribution in [0.2, 0.25) is 0 Å². The molecule has 0 radical (unpaired) electrons. The summed E-state index contributed by atoms with van der Waals surface area (Å²) >= 11 is 0. The SMILES string of the molecule is CCCOC(=O)c1cccc(C)c1O. The van der Waals surface area contributed by atoms with Crippen LogP contribution < -0.4 is 0 Å². The fourth-order valence-corrected chi connectivity index (χ4v) is 1.10. The van der Waals surface area contributed by atoms with Gasteiger partial charge in [0.2, 0.25) is 0 Å². The molecule has 0 aromatic heterocycles. The first-order valence-corrected chi connectivity index (χ1v) is 4.62. The number of ether oxygens (including phenoxy) is 1. The maximum atomic E-state index is 11.4. The molecular weight excluding hydrogens is 180 g/mol. The highest BCUT2D eigenvalue weighted by atomic mass is 16.5. The number of carbonyl (C=O) groups excluding carboxylic acids is 1. The van der Waals surface area contributed by atoms with Gasteiger partial charge >= 0.3 is 5.97 Å². The number of benzene rings is 1. The molecule has 0 heterocycles. The zero-order chi connectivity index (χ0) is 10.6. The van der Waals surface area contributed by atoms with Crippen molar-refractivity contribution < 1.29 is 14.6 Å². The maximum absolute atomic E-state index is 11.4. The van der Waals surface area contributed by atoms with Crippen molar-refractivity contribution >= 4 is 5.97 Å². The molecule has 1 aromatic carbocycles. The van der Waals surface area contributed by atoms with Gasteiger partial charge in [-0.15, -0.1) is 0 Å². The van der Waals surface area contributed by atoms with Crippen molar-refractivity contribution in [3.63, 3.8) is 0 Å². The molecule has 0 spiro atoms.